The number of carbonyl (C=O) groups is 2. The highest BCUT2D eigenvalue weighted by Gasteiger charge is 2.39. The number of hydrogen-bond donors (Lipinski definition) is 1. The number of hydrogen-bond acceptors (Lipinski definition) is 4. The normalized spacial score (nSPS) is 22.6. The van der Waals surface area contributed by atoms with Gasteiger partial charge < -0.3 is 14.8 Å². The molecule has 26 heavy (non-hydrogen) atoms. The van der Waals surface area contributed by atoms with Crippen molar-refractivity contribution in [2.45, 2.75) is 25.7 Å². The molecule has 4 rings (SSSR count). The van der Waals surface area contributed by atoms with Crippen LogP contribution in [-0.2, 0) is 11.8 Å². The molecule has 0 bridgehead atoms. The maximum atomic E-state index is 12.9. The predicted octanol–water partition coefficient (Wildman–Crippen LogP) is 2.17. The molecule has 1 saturated carbocycles. The van der Waals surface area contributed by atoms with Gasteiger partial charge in [-0.15, -0.1) is 11.3 Å². The van der Waals surface area contributed by atoms with E-state index >= 15 is 0 Å². The summed E-state index contributed by atoms with van der Waals surface area (Å²) in [5.74, 6) is 0.849. The van der Waals surface area contributed by atoms with Crippen LogP contribution in [0.4, 0.5) is 0 Å². The van der Waals surface area contributed by atoms with Gasteiger partial charge in [0.1, 0.15) is 0 Å². The maximum Gasteiger partial charge on any atom is 0.263 e. The van der Waals surface area contributed by atoms with Crippen LogP contribution in [0, 0.1) is 18.8 Å². The van der Waals surface area contributed by atoms with E-state index in [0.717, 1.165) is 29.0 Å². The molecule has 0 aromatic carbocycles. The van der Waals surface area contributed by atoms with Gasteiger partial charge in [0.05, 0.1) is 11.2 Å². The van der Waals surface area contributed by atoms with Crippen molar-refractivity contribution >= 4 is 23.2 Å². The molecule has 0 unspecified atom stereocenters. The molecule has 1 aliphatic heterocycles. The smallest absolute Gasteiger partial charge is 0.263 e. The SMILES string of the molecule is Cc1csc(C(=O)N2C[C@@H](CNC(=O)C3CC3)[C@H](c3cncn3C)C2)c1. The molecule has 2 atom stereocenters. The zero-order valence-electron chi connectivity index (χ0n) is 15.1. The lowest BCUT2D eigenvalue weighted by Gasteiger charge is -2.18. The Morgan fingerprint density at radius 3 is 2.77 bits per heavy atom. The highest BCUT2D eigenvalue weighted by Crippen LogP contribution is 2.34. The molecule has 0 radical (unpaired) electrons. The zero-order valence-corrected chi connectivity index (χ0v) is 16.0. The third-order valence-electron chi connectivity index (χ3n) is 5.39. The van der Waals surface area contributed by atoms with Gasteiger partial charge in [-0.3, -0.25) is 9.59 Å². The van der Waals surface area contributed by atoms with Crippen molar-refractivity contribution in [3.8, 4) is 0 Å². The van der Waals surface area contributed by atoms with Crippen molar-refractivity contribution in [3.05, 3.63) is 40.1 Å². The summed E-state index contributed by atoms with van der Waals surface area (Å²) in [6, 6.07) is 1.95. The average Bonchev–Trinajstić information content (AvgIpc) is 3.03. The molecule has 7 heteroatoms. The summed E-state index contributed by atoms with van der Waals surface area (Å²) < 4.78 is 2.02. The molecule has 2 aromatic heterocycles. The fraction of sp³-hybridized carbons (Fsp3) is 0.526. The summed E-state index contributed by atoms with van der Waals surface area (Å²) in [6.07, 6.45) is 5.68. The van der Waals surface area contributed by atoms with Gasteiger partial charge in [0.25, 0.3) is 5.91 Å². The van der Waals surface area contributed by atoms with Crippen LogP contribution in [0.15, 0.2) is 24.0 Å². The van der Waals surface area contributed by atoms with Crippen molar-refractivity contribution in [1.29, 1.82) is 0 Å². The lowest BCUT2D eigenvalue weighted by molar-refractivity contribution is -0.122. The molecule has 6 nitrogen and oxygen atoms in total. The van der Waals surface area contributed by atoms with Crippen LogP contribution in [0.2, 0.25) is 0 Å². The van der Waals surface area contributed by atoms with Gasteiger partial charge in [-0.25, -0.2) is 4.98 Å². The molecular weight excluding hydrogens is 348 g/mol. The molecule has 1 aliphatic carbocycles. The molecule has 1 saturated heterocycles. The number of nitrogens with one attached hydrogen (secondary N) is 1. The Balaban J connectivity index is 1.50. The predicted molar refractivity (Wildman–Crippen MR) is 100 cm³/mol. The highest BCUT2D eigenvalue weighted by molar-refractivity contribution is 7.12. The molecule has 3 heterocycles. The number of thiophene rings is 1. The Labute approximate surface area is 157 Å². The number of imidazole rings is 1. The second-order valence-corrected chi connectivity index (χ2v) is 8.43. The largest absolute Gasteiger partial charge is 0.355 e. The Morgan fingerprint density at radius 1 is 1.35 bits per heavy atom. The Bertz CT molecular complexity index is 823. The van der Waals surface area contributed by atoms with Crippen LogP contribution in [0.1, 0.15) is 39.7 Å². The van der Waals surface area contributed by atoms with Crippen LogP contribution in [-0.4, -0.2) is 45.9 Å². The average molecular weight is 372 g/mol. The summed E-state index contributed by atoms with van der Waals surface area (Å²) in [5, 5.41) is 5.11. The summed E-state index contributed by atoms with van der Waals surface area (Å²) in [7, 11) is 1.98. The van der Waals surface area contributed by atoms with E-state index in [1.807, 2.05) is 41.1 Å². The van der Waals surface area contributed by atoms with Crippen molar-refractivity contribution < 1.29 is 9.59 Å². The molecule has 1 N–H and O–H groups in total. The van der Waals surface area contributed by atoms with Gasteiger partial charge in [-0.1, -0.05) is 0 Å². The number of nitrogens with zero attached hydrogens (tertiary/aromatic N) is 3. The minimum absolute atomic E-state index is 0.0892. The summed E-state index contributed by atoms with van der Waals surface area (Å²) in [6.45, 7) is 3.94. The number of likely N-dealkylation sites (tertiary alicyclic amines) is 1. The van der Waals surface area contributed by atoms with E-state index in [-0.39, 0.29) is 29.6 Å². The third kappa shape index (κ3) is 3.40. The maximum absolute atomic E-state index is 12.9. The van der Waals surface area contributed by atoms with E-state index in [1.165, 1.54) is 11.3 Å². The Hall–Kier alpha value is -2.15. The second kappa shape index (κ2) is 6.87. The number of aryl methyl sites for hydroxylation is 2. The lowest BCUT2D eigenvalue weighted by Crippen LogP contribution is -2.34. The third-order valence-corrected chi connectivity index (χ3v) is 6.43. The molecule has 0 spiro atoms. The molecule has 2 fully saturated rings. The minimum Gasteiger partial charge on any atom is -0.355 e. The standard InChI is InChI=1S/C19H24N4O2S/c1-12-5-17(26-10-12)19(25)23-8-14(6-21-18(24)13-3-4-13)15(9-23)16-7-20-11-22(16)2/h5,7,10-11,13-15H,3-4,6,8-9H2,1-2H3,(H,21,24)/t14-,15-/m1/s1. The second-order valence-electron chi connectivity index (χ2n) is 7.51. The van der Waals surface area contributed by atoms with Gasteiger partial charge in [0.15, 0.2) is 0 Å². The Morgan fingerprint density at radius 2 is 2.15 bits per heavy atom. The molecule has 138 valence electrons. The number of rotatable bonds is 5. The van der Waals surface area contributed by atoms with Crippen molar-refractivity contribution in [1.82, 2.24) is 19.8 Å². The first kappa shape index (κ1) is 17.3. The topological polar surface area (TPSA) is 67.2 Å². The first-order valence-corrected chi connectivity index (χ1v) is 9.99. The van der Waals surface area contributed by atoms with E-state index in [4.69, 9.17) is 0 Å². The fourth-order valence-electron chi connectivity index (χ4n) is 3.72. The highest BCUT2D eigenvalue weighted by atomic mass is 32.1. The molecule has 2 aromatic rings. The first-order valence-electron chi connectivity index (χ1n) is 9.11. The van der Waals surface area contributed by atoms with Gasteiger partial charge in [0.2, 0.25) is 5.91 Å². The van der Waals surface area contributed by atoms with Crippen LogP contribution in [0.3, 0.4) is 0 Å². The zero-order chi connectivity index (χ0) is 18.3. The van der Waals surface area contributed by atoms with Gasteiger partial charge in [-0.05, 0) is 36.8 Å². The Kier molecular flexibility index (Phi) is 4.56. The number of aromatic nitrogens is 2. The number of amides is 2. The van der Waals surface area contributed by atoms with Crippen molar-refractivity contribution in [2.24, 2.45) is 18.9 Å². The summed E-state index contributed by atoms with van der Waals surface area (Å²) in [5.41, 5.74) is 2.24. The molecule has 2 amide bonds. The lowest BCUT2D eigenvalue weighted by atomic mass is 9.93. The van der Waals surface area contributed by atoms with Crippen molar-refractivity contribution in [3.63, 3.8) is 0 Å². The number of carbonyl (C=O) groups excluding carboxylic acids is 2. The van der Waals surface area contributed by atoms with Gasteiger partial charge in [0, 0.05) is 56.3 Å². The summed E-state index contributed by atoms with van der Waals surface area (Å²) in [4.78, 5) is 31.9. The summed E-state index contributed by atoms with van der Waals surface area (Å²) >= 11 is 1.50. The molecule has 2 aliphatic rings. The van der Waals surface area contributed by atoms with Crippen LogP contribution in [0.5, 0.6) is 0 Å². The quantitative estimate of drug-likeness (QED) is 0.875. The van der Waals surface area contributed by atoms with E-state index in [0.29, 0.717) is 19.6 Å². The van der Waals surface area contributed by atoms with E-state index in [1.54, 1.807) is 6.33 Å². The van der Waals surface area contributed by atoms with E-state index < -0.39 is 0 Å². The van der Waals surface area contributed by atoms with Crippen LogP contribution >= 0.6 is 11.3 Å². The van der Waals surface area contributed by atoms with Gasteiger partial charge in [-0.2, -0.15) is 0 Å². The monoisotopic (exact) mass is 372 g/mol. The first-order chi connectivity index (χ1) is 12.5. The van der Waals surface area contributed by atoms with Crippen LogP contribution < -0.4 is 5.32 Å². The van der Waals surface area contributed by atoms with E-state index in [9.17, 15) is 9.59 Å². The van der Waals surface area contributed by atoms with Gasteiger partial charge >= 0.3 is 0 Å². The van der Waals surface area contributed by atoms with Crippen molar-refractivity contribution in [2.75, 3.05) is 19.6 Å². The fourth-order valence-corrected chi connectivity index (χ4v) is 4.59. The van der Waals surface area contributed by atoms with E-state index in [2.05, 4.69) is 10.3 Å². The molecular formula is C19H24N4O2S. The van der Waals surface area contributed by atoms with Crippen LogP contribution in [0.25, 0.3) is 0 Å². The minimum atomic E-state index is 0.0892.